The summed E-state index contributed by atoms with van der Waals surface area (Å²) in [5.74, 6) is -2.68. The first-order valence-corrected chi connectivity index (χ1v) is 14.2. The maximum atomic E-state index is 13.8. The summed E-state index contributed by atoms with van der Waals surface area (Å²) in [4.78, 5) is 61.3. The molecule has 0 aliphatic carbocycles. The van der Waals surface area contributed by atoms with Crippen LogP contribution in [-0.4, -0.2) is 76.5 Å². The van der Waals surface area contributed by atoms with Gasteiger partial charge in [-0.2, -0.15) is 0 Å². The topological polar surface area (TPSA) is 217 Å². The van der Waals surface area contributed by atoms with Crippen molar-refractivity contribution in [2.75, 3.05) is 6.54 Å². The highest BCUT2D eigenvalue weighted by atomic mass is 16.3. The number of H-pyrrole nitrogens is 1. The lowest BCUT2D eigenvalue weighted by molar-refractivity contribution is -0.138. The number of carbonyl (C=O) groups is 4. The van der Waals surface area contributed by atoms with E-state index in [1.165, 1.54) is 6.92 Å². The Kier molecular flexibility index (Phi) is 10.3. The monoisotopic (exact) mass is 590 g/mol. The van der Waals surface area contributed by atoms with E-state index in [1.54, 1.807) is 6.20 Å². The van der Waals surface area contributed by atoms with Crippen molar-refractivity contribution in [2.45, 2.75) is 62.9 Å². The molecule has 1 fully saturated rings. The Morgan fingerprint density at radius 2 is 1.42 bits per heavy atom. The Bertz CT molecular complexity index is 1470. The number of aliphatic imine (C=N–C) groups is 1. The molecule has 0 saturated carbocycles. The molecule has 1 saturated heterocycles. The van der Waals surface area contributed by atoms with Gasteiger partial charge in [0.25, 0.3) is 0 Å². The minimum absolute atomic E-state index is 0.0924. The van der Waals surface area contributed by atoms with Crippen molar-refractivity contribution in [1.29, 1.82) is 0 Å². The number of nitrogens with two attached hydrogens (primary N) is 2. The summed E-state index contributed by atoms with van der Waals surface area (Å²) in [5.41, 5.74) is 13.2. The maximum absolute atomic E-state index is 13.8. The number of aliphatic hydroxyl groups excluding tert-OH is 1. The third-order valence-electron chi connectivity index (χ3n) is 7.29. The first kappa shape index (κ1) is 31.0. The van der Waals surface area contributed by atoms with E-state index in [2.05, 4.69) is 31.2 Å². The van der Waals surface area contributed by atoms with Crippen molar-refractivity contribution in [1.82, 2.24) is 26.3 Å². The van der Waals surface area contributed by atoms with Crippen LogP contribution in [0.5, 0.6) is 0 Å². The number of para-hydroxylation sites is 1. The molecule has 4 amide bonds. The fourth-order valence-electron chi connectivity index (χ4n) is 5.03. The van der Waals surface area contributed by atoms with Crippen molar-refractivity contribution in [3.05, 3.63) is 71.9 Å². The molecule has 0 spiro atoms. The molecule has 10 N–H and O–H groups in total. The van der Waals surface area contributed by atoms with Crippen LogP contribution in [0.4, 0.5) is 0 Å². The number of aromatic amines is 1. The van der Waals surface area contributed by atoms with Crippen LogP contribution in [0.1, 0.15) is 30.9 Å². The van der Waals surface area contributed by atoms with E-state index in [9.17, 15) is 24.3 Å². The normalized spacial score (nSPS) is 22.3. The predicted octanol–water partition coefficient (Wildman–Crippen LogP) is -0.660. The molecule has 228 valence electrons. The maximum Gasteiger partial charge on any atom is 0.245 e. The summed E-state index contributed by atoms with van der Waals surface area (Å²) in [6.45, 7) is 1.56. The van der Waals surface area contributed by atoms with Crippen molar-refractivity contribution < 1.29 is 24.3 Å². The molecule has 0 unspecified atom stereocenters. The van der Waals surface area contributed by atoms with Gasteiger partial charge in [-0.25, -0.2) is 0 Å². The number of rotatable bonds is 9. The standard InChI is InChI=1S/C30H38N8O5/c1-17(39)25-29(43)37-24(15-19-16-34-21-11-6-5-10-20(19)21)28(42)36-23(14-18-8-3-2-4-9-18)27(41)35-22(26(40)38-25)12-7-13-33-30(31)32/h2-6,8-11,16-17,22-25,34,39H,7,12-15H2,1H3,(H,35,41)(H,36,42)(H,37,43)(H,38,40)(H4,31,32,33)/t17-,22+,23+,24+,25+/m1/s1. The van der Waals surface area contributed by atoms with Gasteiger partial charge in [0.2, 0.25) is 23.6 Å². The Hall–Kier alpha value is -4.91. The van der Waals surface area contributed by atoms with E-state index >= 15 is 0 Å². The Morgan fingerprint density at radius 1 is 0.814 bits per heavy atom. The molecule has 4 rings (SSSR count). The smallest absolute Gasteiger partial charge is 0.245 e. The van der Waals surface area contributed by atoms with Gasteiger partial charge in [0.15, 0.2) is 5.96 Å². The van der Waals surface area contributed by atoms with Gasteiger partial charge in [-0.1, -0.05) is 48.5 Å². The first-order valence-electron chi connectivity index (χ1n) is 14.2. The molecule has 1 aliphatic rings. The number of nitrogens with zero attached hydrogens (tertiary/aromatic N) is 1. The number of hydrogen-bond acceptors (Lipinski definition) is 6. The summed E-state index contributed by atoms with van der Waals surface area (Å²) in [6, 6.07) is 12.0. The molecule has 5 atom stereocenters. The van der Waals surface area contributed by atoms with Crippen LogP contribution in [0.25, 0.3) is 10.9 Å². The number of hydrogen-bond donors (Lipinski definition) is 8. The molecular weight excluding hydrogens is 552 g/mol. The number of aromatic nitrogens is 1. The molecule has 3 aromatic rings. The second-order valence-electron chi connectivity index (χ2n) is 10.6. The van der Waals surface area contributed by atoms with Crippen LogP contribution in [-0.2, 0) is 32.0 Å². The molecule has 2 heterocycles. The van der Waals surface area contributed by atoms with Crippen LogP contribution in [0.2, 0.25) is 0 Å². The number of nitrogens with one attached hydrogen (secondary N) is 5. The second kappa shape index (κ2) is 14.3. The molecule has 0 radical (unpaired) electrons. The quantitative estimate of drug-likeness (QED) is 0.0913. The van der Waals surface area contributed by atoms with Crippen LogP contribution in [0, 0.1) is 0 Å². The van der Waals surface area contributed by atoms with Crippen LogP contribution >= 0.6 is 0 Å². The Morgan fingerprint density at radius 3 is 2.12 bits per heavy atom. The van der Waals surface area contributed by atoms with Crippen molar-refractivity contribution >= 4 is 40.5 Å². The molecule has 1 aromatic heterocycles. The fraction of sp³-hybridized carbons (Fsp3) is 0.367. The van der Waals surface area contributed by atoms with Gasteiger partial charge >= 0.3 is 0 Å². The highest BCUT2D eigenvalue weighted by molar-refractivity contribution is 5.98. The summed E-state index contributed by atoms with van der Waals surface area (Å²) in [6.07, 6.45) is 1.17. The van der Waals surface area contributed by atoms with Gasteiger partial charge in [-0.3, -0.25) is 24.2 Å². The van der Waals surface area contributed by atoms with Gasteiger partial charge in [-0.05, 0) is 37.0 Å². The lowest BCUT2D eigenvalue weighted by Gasteiger charge is -2.30. The highest BCUT2D eigenvalue weighted by Crippen LogP contribution is 2.20. The number of benzene rings is 2. The van der Waals surface area contributed by atoms with Crippen molar-refractivity contribution in [2.24, 2.45) is 16.5 Å². The Labute approximate surface area is 248 Å². The van der Waals surface area contributed by atoms with E-state index in [1.807, 2.05) is 54.6 Å². The van der Waals surface area contributed by atoms with E-state index < -0.39 is 53.9 Å². The number of aliphatic hydroxyl groups is 1. The zero-order valence-electron chi connectivity index (χ0n) is 23.9. The number of fused-ring (bicyclic) bond motifs is 1. The third-order valence-corrected chi connectivity index (χ3v) is 7.29. The lowest BCUT2D eigenvalue weighted by Crippen LogP contribution is -2.63. The largest absolute Gasteiger partial charge is 0.391 e. The number of amides is 4. The summed E-state index contributed by atoms with van der Waals surface area (Å²) >= 11 is 0. The van der Waals surface area contributed by atoms with Crippen molar-refractivity contribution in [3.63, 3.8) is 0 Å². The number of guanidine groups is 1. The van der Waals surface area contributed by atoms with Crippen LogP contribution in [0.3, 0.4) is 0 Å². The van der Waals surface area contributed by atoms with Gasteiger partial charge in [0, 0.05) is 36.5 Å². The SMILES string of the molecule is C[C@@H](O)[C@@H]1NC(=O)[C@H](CCCN=C(N)N)NC(=O)[C@H](Cc2ccccc2)NC(=O)[C@H](Cc2c[nH]c3ccccc23)NC1=O. The molecule has 1 aliphatic heterocycles. The van der Waals surface area contributed by atoms with Gasteiger partial charge in [0.1, 0.15) is 24.2 Å². The highest BCUT2D eigenvalue weighted by Gasteiger charge is 2.36. The predicted molar refractivity (Wildman–Crippen MR) is 161 cm³/mol. The van der Waals surface area contributed by atoms with Gasteiger partial charge < -0.3 is 42.8 Å². The fourth-order valence-corrected chi connectivity index (χ4v) is 5.03. The first-order chi connectivity index (χ1) is 20.6. The van der Waals surface area contributed by atoms with E-state index in [-0.39, 0.29) is 31.8 Å². The van der Waals surface area contributed by atoms with E-state index in [0.717, 1.165) is 22.0 Å². The molecule has 43 heavy (non-hydrogen) atoms. The zero-order chi connectivity index (χ0) is 30.9. The summed E-state index contributed by atoms with van der Waals surface area (Å²) in [5, 5.41) is 22.1. The van der Waals surface area contributed by atoms with Gasteiger partial charge in [0.05, 0.1) is 6.10 Å². The van der Waals surface area contributed by atoms with Crippen LogP contribution < -0.4 is 32.7 Å². The van der Waals surface area contributed by atoms with E-state index in [4.69, 9.17) is 11.5 Å². The average Bonchev–Trinajstić information content (AvgIpc) is 3.38. The average molecular weight is 591 g/mol. The molecular formula is C30H38N8O5. The molecule has 13 heteroatoms. The van der Waals surface area contributed by atoms with Crippen molar-refractivity contribution in [3.8, 4) is 0 Å². The zero-order valence-corrected chi connectivity index (χ0v) is 23.9. The summed E-state index contributed by atoms with van der Waals surface area (Å²) < 4.78 is 0. The van der Waals surface area contributed by atoms with Crippen LogP contribution in [0.15, 0.2) is 65.8 Å². The second-order valence-corrected chi connectivity index (χ2v) is 10.6. The summed E-state index contributed by atoms with van der Waals surface area (Å²) in [7, 11) is 0. The molecule has 13 nitrogen and oxygen atoms in total. The third kappa shape index (κ3) is 8.32. The molecule has 0 bridgehead atoms. The van der Waals surface area contributed by atoms with Gasteiger partial charge in [-0.15, -0.1) is 0 Å². The number of carbonyl (C=O) groups excluding carboxylic acids is 4. The minimum Gasteiger partial charge on any atom is -0.391 e. The lowest BCUT2D eigenvalue weighted by atomic mass is 10.00. The Balaban J connectivity index is 1.66. The van der Waals surface area contributed by atoms with E-state index in [0.29, 0.717) is 6.42 Å². The minimum atomic E-state index is -1.39. The molecule has 2 aromatic carbocycles.